The van der Waals surface area contributed by atoms with E-state index in [-0.39, 0.29) is 11.0 Å². The molecule has 12 heavy (non-hydrogen) atoms. The Bertz CT molecular complexity index is 299. The number of rotatable bonds is 1. The minimum atomic E-state index is -0.315. The molecule has 0 bridgehead atoms. The zero-order valence-corrected chi connectivity index (χ0v) is 6.97. The van der Waals surface area contributed by atoms with Crippen LogP contribution in [0.2, 0.25) is 0 Å². The van der Waals surface area contributed by atoms with Gasteiger partial charge in [0, 0.05) is 18.0 Å². The van der Waals surface area contributed by atoms with Gasteiger partial charge in [0.2, 0.25) is 0 Å². The van der Waals surface area contributed by atoms with Crippen LogP contribution in [-0.4, -0.2) is 16.0 Å². The second-order valence-electron chi connectivity index (χ2n) is 2.05. The maximum Gasteiger partial charge on any atom is 0.257 e. The van der Waals surface area contributed by atoms with Crippen molar-refractivity contribution in [3.8, 4) is 0 Å². The SMILES string of the molecule is NC(=S)NC(=O)c1ccncc1. The third kappa shape index (κ3) is 2.28. The van der Waals surface area contributed by atoms with E-state index in [0.29, 0.717) is 5.56 Å². The Labute approximate surface area is 74.8 Å². The van der Waals surface area contributed by atoms with Crippen LogP contribution < -0.4 is 11.1 Å². The molecule has 0 saturated heterocycles. The standard InChI is InChI=1S/C7H7N3OS/c8-7(12)10-6(11)5-1-3-9-4-2-5/h1-4H,(H3,8,10,11,12). The highest BCUT2D eigenvalue weighted by Gasteiger charge is 2.03. The van der Waals surface area contributed by atoms with Gasteiger partial charge in [-0.3, -0.25) is 15.1 Å². The highest BCUT2D eigenvalue weighted by Crippen LogP contribution is 1.94. The molecule has 0 aliphatic heterocycles. The summed E-state index contributed by atoms with van der Waals surface area (Å²) in [5.74, 6) is -0.315. The monoisotopic (exact) mass is 181 g/mol. The van der Waals surface area contributed by atoms with Gasteiger partial charge in [-0.05, 0) is 24.4 Å². The first kappa shape index (κ1) is 8.61. The van der Waals surface area contributed by atoms with Crippen LogP contribution in [0.3, 0.4) is 0 Å². The van der Waals surface area contributed by atoms with Crippen molar-refractivity contribution in [2.24, 2.45) is 5.73 Å². The van der Waals surface area contributed by atoms with Crippen LogP contribution in [0.5, 0.6) is 0 Å². The van der Waals surface area contributed by atoms with Crippen molar-refractivity contribution in [2.45, 2.75) is 0 Å². The van der Waals surface area contributed by atoms with Gasteiger partial charge < -0.3 is 5.73 Å². The lowest BCUT2D eigenvalue weighted by molar-refractivity contribution is 0.0977. The summed E-state index contributed by atoms with van der Waals surface area (Å²) in [5.41, 5.74) is 5.60. The Morgan fingerprint density at radius 3 is 2.58 bits per heavy atom. The second-order valence-corrected chi connectivity index (χ2v) is 2.49. The highest BCUT2D eigenvalue weighted by atomic mass is 32.1. The number of nitrogens with zero attached hydrogens (tertiary/aromatic N) is 1. The smallest absolute Gasteiger partial charge is 0.257 e. The van der Waals surface area contributed by atoms with Crippen LogP contribution in [0.1, 0.15) is 10.4 Å². The number of nitrogens with one attached hydrogen (secondary N) is 1. The Kier molecular flexibility index (Phi) is 2.71. The predicted molar refractivity (Wildman–Crippen MR) is 48.5 cm³/mol. The Morgan fingerprint density at radius 2 is 2.08 bits per heavy atom. The average Bonchev–Trinajstić information content (AvgIpc) is 2.05. The van der Waals surface area contributed by atoms with Crippen LogP contribution >= 0.6 is 12.2 Å². The number of aromatic nitrogens is 1. The molecule has 0 aromatic carbocycles. The molecule has 5 heteroatoms. The fourth-order valence-corrected chi connectivity index (χ4v) is 0.780. The van der Waals surface area contributed by atoms with Gasteiger partial charge in [0.05, 0.1) is 0 Å². The van der Waals surface area contributed by atoms with E-state index in [1.54, 1.807) is 12.1 Å². The number of carbonyl (C=O) groups excluding carboxylic acids is 1. The van der Waals surface area contributed by atoms with Crippen LogP contribution in [0.15, 0.2) is 24.5 Å². The maximum absolute atomic E-state index is 11.1. The predicted octanol–water partition coefficient (Wildman–Crippen LogP) is 0.0550. The molecule has 1 aromatic rings. The molecule has 0 fully saturated rings. The van der Waals surface area contributed by atoms with Crippen LogP contribution in [0.4, 0.5) is 0 Å². The van der Waals surface area contributed by atoms with Gasteiger partial charge in [-0.2, -0.15) is 0 Å². The number of hydrogen-bond acceptors (Lipinski definition) is 3. The van der Waals surface area contributed by atoms with Gasteiger partial charge in [-0.15, -0.1) is 0 Å². The average molecular weight is 181 g/mol. The Balaban J connectivity index is 2.73. The lowest BCUT2D eigenvalue weighted by atomic mass is 10.2. The largest absolute Gasteiger partial charge is 0.376 e. The zero-order chi connectivity index (χ0) is 8.97. The summed E-state index contributed by atoms with van der Waals surface area (Å²) >= 11 is 4.50. The van der Waals surface area contributed by atoms with Crippen LogP contribution in [0.25, 0.3) is 0 Å². The molecular weight excluding hydrogens is 174 g/mol. The Hall–Kier alpha value is -1.49. The molecule has 0 aliphatic carbocycles. The van der Waals surface area contributed by atoms with Gasteiger partial charge in [0.15, 0.2) is 5.11 Å². The van der Waals surface area contributed by atoms with Crippen LogP contribution in [0, 0.1) is 0 Å². The first-order chi connectivity index (χ1) is 5.70. The van der Waals surface area contributed by atoms with E-state index >= 15 is 0 Å². The van der Waals surface area contributed by atoms with Crippen molar-refractivity contribution in [2.75, 3.05) is 0 Å². The van der Waals surface area contributed by atoms with E-state index < -0.39 is 0 Å². The summed E-state index contributed by atoms with van der Waals surface area (Å²) in [6.07, 6.45) is 3.04. The van der Waals surface area contributed by atoms with Gasteiger partial charge in [-0.1, -0.05) is 0 Å². The molecule has 1 amide bonds. The molecule has 0 saturated carbocycles. The van der Waals surface area contributed by atoms with Gasteiger partial charge in [0.1, 0.15) is 0 Å². The maximum atomic E-state index is 11.1. The summed E-state index contributed by atoms with van der Waals surface area (Å²) < 4.78 is 0. The van der Waals surface area contributed by atoms with Crippen molar-refractivity contribution < 1.29 is 4.79 Å². The van der Waals surface area contributed by atoms with E-state index in [0.717, 1.165) is 0 Å². The van der Waals surface area contributed by atoms with Crippen LogP contribution in [-0.2, 0) is 0 Å². The van der Waals surface area contributed by atoms with Gasteiger partial charge in [-0.25, -0.2) is 0 Å². The molecule has 4 nitrogen and oxygen atoms in total. The van der Waals surface area contributed by atoms with Crippen molar-refractivity contribution in [1.82, 2.24) is 10.3 Å². The lowest BCUT2D eigenvalue weighted by Gasteiger charge is -2.00. The molecule has 1 heterocycles. The van der Waals surface area contributed by atoms with Gasteiger partial charge >= 0.3 is 0 Å². The summed E-state index contributed by atoms with van der Waals surface area (Å²) in [6, 6.07) is 3.15. The van der Waals surface area contributed by atoms with E-state index in [4.69, 9.17) is 5.73 Å². The number of nitrogens with two attached hydrogens (primary N) is 1. The minimum absolute atomic E-state index is 0.0307. The molecule has 0 unspecified atom stereocenters. The molecule has 1 rings (SSSR count). The summed E-state index contributed by atoms with van der Waals surface area (Å²) in [4.78, 5) is 14.9. The first-order valence-electron chi connectivity index (χ1n) is 3.21. The second kappa shape index (κ2) is 3.77. The fourth-order valence-electron chi connectivity index (χ4n) is 0.687. The number of pyridine rings is 1. The van der Waals surface area contributed by atoms with Crippen molar-refractivity contribution >= 4 is 23.2 Å². The minimum Gasteiger partial charge on any atom is -0.376 e. The summed E-state index contributed by atoms with van der Waals surface area (Å²) in [7, 11) is 0. The quantitative estimate of drug-likeness (QED) is 0.601. The van der Waals surface area contributed by atoms with E-state index in [9.17, 15) is 4.79 Å². The number of thiocarbonyl (C=S) groups is 1. The molecule has 3 N–H and O–H groups in total. The topological polar surface area (TPSA) is 68.0 Å². The lowest BCUT2D eigenvalue weighted by Crippen LogP contribution is -2.34. The molecule has 62 valence electrons. The molecular formula is C7H7N3OS. The van der Waals surface area contributed by atoms with Gasteiger partial charge in [0.25, 0.3) is 5.91 Å². The normalized spacial score (nSPS) is 9.00. The Morgan fingerprint density at radius 1 is 1.50 bits per heavy atom. The molecule has 0 spiro atoms. The zero-order valence-electron chi connectivity index (χ0n) is 6.15. The third-order valence-corrected chi connectivity index (χ3v) is 1.28. The van der Waals surface area contributed by atoms with E-state index in [1.165, 1.54) is 12.4 Å². The highest BCUT2D eigenvalue weighted by molar-refractivity contribution is 7.80. The van der Waals surface area contributed by atoms with Crippen molar-refractivity contribution in [3.63, 3.8) is 0 Å². The van der Waals surface area contributed by atoms with Crippen molar-refractivity contribution in [3.05, 3.63) is 30.1 Å². The number of hydrogen-bond donors (Lipinski definition) is 2. The van der Waals surface area contributed by atoms with E-state index in [1.807, 2.05) is 0 Å². The molecule has 0 atom stereocenters. The third-order valence-electron chi connectivity index (χ3n) is 1.18. The fraction of sp³-hybridized carbons (Fsp3) is 0. The number of amides is 1. The first-order valence-corrected chi connectivity index (χ1v) is 3.62. The molecule has 0 radical (unpaired) electrons. The molecule has 0 aliphatic rings. The summed E-state index contributed by atoms with van der Waals surface area (Å²) in [5, 5.41) is 2.27. The van der Waals surface area contributed by atoms with Crippen molar-refractivity contribution in [1.29, 1.82) is 0 Å². The summed E-state index contributed by atoms with van der Waals surface area (Å²) in [6.45, 7) is 0. The number of carbonyl (C=O) groups is 1. The van der Waals surface area contributed by atoms with E-state index in [2.05, 4.69) is 22.5 Å². The molecule has 1 aromatic heterocycles.